The molecule has 1 aromatic carbocycles. The molecule has 5 heteroatoms. The highest BCUT2D eigenvalue weighted by molar-refractivity contribution is 5.68. The zero-order chi connectivity index (χ0) is 14.0. The lowest BCUT2D eigenvalue weighted by Crippen LogP contribution is -2.25. The standard InChI is InChI=1S/C14H18O5/c1-8-4-9-5-12(17-2)13(18-3)6-10(9)11(19-8)7-14(15)16/h5-6,8,11H,4,7H2,1-3H3,(H,15,16)/t8-,11+/m0/s1. The van der Waals surface area contributed by atoms with Crippen molar-refractivity contribution in [2.45, 2.75) is 32.0 Å². The van der Waals surface area contributed by atoms with E-state index in [4.69, 9.17) is 19.3 Å². The molecule has 0 aromatic heterocycles. The third-order valence-electron chi connectivity index (χ3n) is 3.26. The molecule has 1 aliphatic rings. The fraction of sp³-hybridized carbons (Fsp3) is 0.500. The van der Waals surface area contributed by atoms with Crippen molar-refractivity contribution in [2.75, 3.05) is 14.2 Å². The fourth-order valence-electron chi connectivity index (χ4n) is 2.44. The fourth-order valence-corrected chi connectivity index (χ4v) is 2.44. The molecule has 1 aliphatic heterocycles. The lowest BCUT2D eigenvalue weighted by molar-refractivity contribution is -0.141. The first-order chi connectivity index (χ1) is 9.05. The topological polar surface area (TPSA) is 65.0 Å². The normalized spacial score (nSPS) is 21.6. The summed E-state index contributed by atoms with van der Waals surface area (Å²) in [7, 11) is 3.14. The highest BCUT2D eigenvalue weighted by atomic mass is 16.5. The second-order valence-electron chi connectivity index (χ2n) is 4.64. The molecule has 0 aliphatic carbocycles. The lowest BCUT2D eigenvalue weighted by atomic mass is 9.92. The number of hydrogen-bond donors (Lipinski definition) is 1. The van der Waals surface area contributed by atoms with Crippen LogP contribution in [0.1, 0.15) is 30.6 Å². The SMILES string of the molecule is COc1cc2c(cc1OC)[C@@H](CC(=O)O)O[C@@H](C)C2. The largest absolute Gasteiger partial charge is 0.493 e. The first-order valence-corrected chi connectivity index (χ1v) is 6.17. The Morgan fingerprint density at radius 3 is 2.58 bits per heavy atom. The summed E-state index contributed by atoms with van der Waals surface area (Å²) in [4.78, 5) is 10.9. The van der Waals surface area contributed by atoms with E-state index in [0.717, 1.165) is 17.5 Å². The smallest absolute Gasteiger partial charge is 0.306 e. The number of carboxylic acid groups (broad SMARTS) is 1. The van der Waals surface area contributed by atoms with Crippen LogP contribution in [0.3, 0.4) is 0 Å². The van der Waals surface area contributed by atoms with E-state index in [9.17, 15) is 4.79 Å². The molecule has 1 heterocycles. The van der Waals surface area contributed by atoms with Gasteiger partial charge in [-0.25, -0.2) is 0 Å². The van der Waals surface area contributed by atoms with Crippen LogP contribution in [0, 0.1) is 0 Å². The molecule has 1 aromatic rings. The summed E-state index contributed by atoms with van der Waals surface area (Å²) in [5.74, 6) is 0.374. The van der Waals surface area contributed by atoms with Crippen LogP contribution in [0.4, 0.5) is 0 Å². The lowest BCUT2D eigenvalue weighted by Gasteiger charge is -2.30. The predicted molar refractivity (Wildman–Crippen MR) is 68.8 cm³/mol. The minimum absolute atomic E-state index is 0.00467. The highest BCUT2D eigenvalue weighted by Crippen LogP contribution is 2.39. The summed E-state index contributed by atoms with van der Waals surface area (Å²) >= 11 is 0. The summed E-state index contributed by atoms with van der Waals surface area (Å²) in [6.45, 7) is 1.94. The van der Waals surface area contributed by atoms with Crippen LogP contribution in [-0.2, 0) is 16.0 Å². The molecule has 5 nitrogen and oxygen atoms in total. The summed E-state index contributed by atoms with van der Waals surface area (Å²) in [5, 5.41) is 8.97. The van der Waals surface area contributed by atoms with Gasteiger partial charge in [0.05, 0.1) is 32.8 Å². The van der Waals surface area contributed by atoms with Crippen LogP contribution >= 0.6 is 0 Å². The van der Waals surface area contributed by atoms with Gasteiger partial charge in [0, 0.05) is 0 Å². The monoisotopic (exact) mass is 266 g/mol. The van der Waals surface area contributed by atoms with Crippen molar-refractivity contribution < 1.29 is 24.1 Å². The van der Waals surface area contributed by atoms with Gasteiger partial charge in [-0.05, 0) is 36.6 Å². The van der Waals surface area contributed by atoms with Crippen LogP contribution in [0.5, 0.6) is 11.5 Å². The van der Waals surface area contributed by atoms with Crippen molar-refractivity contribution in [3.8, 4) is 11.5 Å². The first-order valence-electron chi connectivity index (χ1n) is 6.17. The van der Waals surface area contributed by atoms with Gasteiger partial charge in [0.1, 0.15) is 0 Å². The van der Waals surface area contributed by atoms with Gasteiger partial charge in [0.15, 0.2) is 11.5 Å². The maximum absolute atomic E-state index is 10.9. The number of carboxylic acids is 1. The number of methoxy groups -OCH3 is 2. The van der Waals surface area contributed by atoms with Crippen molar-refractivity contribution in [2.24, 2.45) is 0 Å². The average molecular weight is 266 g/mol. The number of benzene rings is 1. The average Bonchev–Trinajstić information content (AvgIpc) is 2.36. The number of ether oxygens (including phenoxy) is 3. The van der Waals surface area contributed by atoms with E-state index in [1.807, 2.05) is 19.1 Å². The molecule has 0 saturated heterocycles. The van der Waals surface area contributed by atoms with Crippen molar-refractivity contribution in [3.63, 3.8) is 0 Å². The maximum atomic E-state index is 10.9. The molecular weight excluding hydrogens is 248 g/mol. The van der Waals surface area contributed by atoms with Crippen LogP contribution < -0.4 is 9.47 Å². The minimum Gasteiger partial charge on any atom is -0.493 e. The van der Waals surface area contributed by atoms with Crippen LogP contribution in [-0.4, -0.2) is 31.4 Å². The molecule has 0 saturated carbocycles. The third-order valence-corrected chi connectivity index (χ3v) is 3.26. The van der Waals surface area contributed by atoms with Crippen molar-refractivity contribution in [1.82, 2.24) is 0 Å². The van der Waals surface area contributed by atoms with Gasteiger partial charge < -0.3 is 19.3 Å². The summed E-state index contributed by atoms with van der Waals surface area (Å²) < 4.78 is 16.2. The number of fused-ring (bicyclic) bond motifs is 1. The van der Waals surface area contributed by atoms with Gasteiger partial charge >= 0.3 is 5.97 Å². The molecular formula is C14H18O5. The first kappa shape index (κ1) is 13.7. The molecule has 0 unspecified atom stereocenters. The molecule has 0 bridgehead atoms. The van der Waals surface area contributed by atoms with E-state index >= 15 is 0 Å². The van der Waals surface area contributed by atoms with E-state index in [1.54, 1.807) is 14.2 Å². The second kappa shape index (κ2) is 5.48. The van der Waals surface area contributed by atoms with Gasteiger partial charge in [0.25, 0.3) is 0 Å². The number of carbonyl (C=O) groups is 1. The highest BCUT2D eigenvalue weighted by Gasteiger charge is 2.28. The van der Waals surface area contributed by atoms with Crippen LogP contribution in [0.2, 0.25) is 0 Å². The molecule has 0 radical (unpaired) electrons. The Morgan fingerprint density at radius 1 is 1.37 bits per heavy atom. The maximum Gasteiger partial charge on any atom is 0.306 e. The van der Waals surface area contributed by atoms with E-state index in [-0.39, 0.29) is 12.5 Å². The molecule has 0 fully saturated rings. The number of hydrogen-bond acceptors (Lipinski definition) is 4. The zero-order valence-corrected chi connectivity index (χ0v) is 11.3. The van der Waals surface area contributed by atoms with Gasteiger partial charge in [-0.2, -0.15) is 0 Å². The van der Waals surface area contributed by atoms with Crippen molar-refractivity contribution >= 4 is 5.97 Å². The molecule has 0 spiro atoms. The number of rotatable bonds is 4. The van der Waals surface area contributed by atoms with Crippen molar-refractivity contribution in [3.05, 3.63) is 23.3 Å². The Balaban J connectivity index is 2.44. The summed E-state index contributed by atoms with van der Waals surface area (Å²) in [6.07, 6.45) is 0.254. The summed E-state index contributed by atoms with van der Waals surface area (Å²) in [5.41, 5.74) is 1.93. The molecule has 0 amide bonds. The predicted octanol–water partition coefficient (Wildman–Crippen LogP) is 2.18. The zero-order valence-electron chi connectivity index (χ0n) is 11.3. The molecule has 2 atom stereocenters. The van der Waals surface area contributed by atoms with Gasteiger partial charge in [-0.15, -0.1) is 0 Å². The third kappa shape index (κ3) is 2.81. The second-order valence-corrected chi connectivity index (χ2v) is 4.64. The molecule has 104 valence electrons. The quantitative estimate of drug-likeness (QED) is 0.904. The Morgan fingerprint density at radius 2 is 2.00 bits per heavy atom. The number of aliphatic carboxylic acids is 1. The van der Waals surface area contributed by atoms with E-state index in [2.05, 4.69) is 0 Å². The van der Waals surface area contributed by atoms with Gasteiger partial charge in [-0.3, -0.25) is 4.79 Å². The summed E-state index contributed by atoms with van der Waals surface area (Å²) in [6, 6.07) is 3.72. The van der Waals surface area contributed by atoms with E-state index in [1.165, 1.54) is 0 Å². The van der Waals surface area contributed by atoms with Crippen LogP contribution in [0.25, 0.3) is 0 Å². The molecule has 2 rings (SSSR count). The Bertz CT molecular complexity index is 483. The minimum atomic E-state index is -0.875. The van der Waals surface area contributed by atoms with Crippen LogP contribution in [0.15, 0.2) is 12.1 Å². The Kier molecular flexibility index (Phi) is 3.95. The van der Waals surface area contributed by atoms with E-state index < -0.39 is 12.1 Å². The van der Waals surface area contributed by atoms with Gasteiger partial charge in [0.2, 0.25) is 0 Å². The molecule has 1 N–H and O–H groups in total. The van der Waals surface area contributed by atoms with Crippen molar-refractivity contribution in [1.29, 1.82) is 0 Å². The molecule has 19 heavy (non-hydrogen) atoms. The van der Waals surface area contributed by atoms with Gasteiger partial charge in [-0.1, -0.05) is 0 Å². The Labute approximate surface area is 112 Å². The van der Waals surface area contributed by atoms with E-state index in [0.29, 0.717) is 11.5 Å². The Hall–Kier alpha value is -1.75.